The van der Waals surface area contributed by atoms with Crippen molar-refractivity contribution >= 4 is 15.7 Å². The van der Waals surface area contributed by atoms with Crippen molar-refractivity contribution in [1.29, 1.82) is 0 Å². The van der Waals surface area contributed by atoms with Gasteiger partial charge in [0, 0.05) is 50.4 Å². The Labute approximate surface area is 252 Å². The molecular formula is C30H23F7N4O3S. The third kappa shape index (κ3) is 7.14. The smallest absolute Gasteiger partial charge is 0.330 e. The van der Waals surface area contributed by atoms with Crippen molar-refractivity contribution in [3.8, 4) is 11.1 Å². The number of carbonyl (C=O) groups is 1. The monoisotopic (exact) mass is 652 g/mol. The number of amides is 1. The average molecular weight is 653 g/mol. The summed E-state index contributed by atoms with van der Waals surface area (Å²) in [6.45, 7) is 1.04. The van der Waals surface area contributed by atoms with Gasteiger partial charge in [-0.15, -0.1) is 0 Å². The van der Waals surface area contributed by atoms with E-state index < -0.39 is 45.3 Å². The van der Waals surface area contributed by atoms with Crippen molar-refractivity contribution in [3.05, 3.63) is 112 Å². The van der Waals surface area contributed by atoms with Crippen LogP contribution in [0.2, 0.25) is 0 Å². The summed E-state index contributed by atoms with van der Waals surface area (Å²) in [5.41, 5.74) is 1.16. The molecule has 0 spiro atoms. The van der Waals surface area contributed by atoms with E-state index in [4.69, 9.17) is 0 Å². The van der Waals surface area contributed by atoms with Crippen LogP contribution in [0.25, 0.3) is 11.1 Å². The molecular weight excluding hydrogens is 629 g/mol. The number of halogens is 7. The van der Waals surface area contributed by atoms with E-state index in [-0.39, 0.29) is 23.5 Å². The zero-order chi connectivity index (χ0) is 32.7. The van der Waals surface area contributed by atoms with E-state index in [1.165, 1.54) is 47.5 Å². The summed E-state index contributed by atoms with van der Waals surface area (Å²) in [4.78, 5) is 21.3. The molecule has 2 aromatic heterocycles. The number of hydrogen-bond donors (Lipinski definition) is 1. The highest BCUT2D eigenvalue weighted by atomic mass is 32.2. The molecule has 0 fully saturated rings. The lowest BCUT2D eigenvalue weighted by Gasteiger charge is -2.19. The molecule has 4 heterocycles. The van der Waals surface area contributed by atoms with Crippen molar-refractivity contribution in [2.24, 2.45) is 0 Å². The summed E-state index contributed by atoms with van der Waals surface area (Å²) in [6, 6.07) is 11.4. The summed E-state index contributed by atoms with van der Waals surface area (Å²) < 4.78 is 113. The summed E-state index contributed by atoms with van der Waals surface area (Å²) >= 11 is 0. The van der Waals surface area contributed by atoms with Gasteiger partial charge in [0.05, 0.1) is 4.90 Å². The fraction of sp³-hybridized carbons (Fsp3) is 0.233. The molecule has 0 atom stereocenters. The van der Waals surface area contributed by atoms with E-state index in [0.29, 0.717) is 40.9 Å². The highest BCUT2D eigenvalue weighted by Gasteiger charge is 2.35. The van der Waals surface area contributed by atoms with Gasteiger partial charge < -0.3 is 10.2 Å². The van der Waals surface area contributed by atoms with Gasteiger partial charge in [-0.2, -0.15) is 26.3 Å². The van der Waals surface area contributed by atoms with Crippen LogP contribution in [0, 0.1) is 5.82 Å². The van der Waals surface area contributed by atoms with Crippen molar-refractivity contribution in [1.82, 2.24) is 20.2 Å². The van der Waals surface area contributed by atoms with Gasteiger partial charge in [-0.1, -0.05) is 18.2 Å². The molecule has 0 saturated heterocycles. The van der Waals surface area contributed by atoms with Gasteiger partial charge in [0.2, 0.25) is 0 Å². The molecule has 0 radical (unpaired) electrons. The molecule has 15 heteroatoms. The second-order valence-electron chi connectivity index (χ2n) is 10.4. The first-order valence-corrected chi connectivity index (χ1v) is 15.1. The highest BCUT2D eigenvalue weighted by molar-refractivity contribution is 7.90. The number of sulfone groups is 1. The number of nitrogens with zero attached hydrogens (tertiary/aromatic N) is 3. The Morgan fingerprint density at radius 1 is 0.800 bits per heavy atom. The molecule has 7 nitrogen and oxygen atoms in total. The maximum Gasteiger partial charge on any atom is 0.433 e. The Kier molecular flexibility index (Phi) is 8.44. The Hall–Kier alpha value is -4.37. The zero-order valence-corrected chi connectivity index (χ0v) is 24.1. The van der Waals surface area contributed by atoms with Gasteiger partial charge in [0.15, 0.2) is 9.84 Å². The predicted octanol–water partition coefficient (Wildman–Crippen LogP) is 6.17. The van der Waals surface area contributed by atoms with E-state index >= 15 is 0 Å². The lowest BCUT2D eigenvalue weighted by atomic mass is 9.98. The standard InChI is InChI=1S/C22H16F4N2O3S.C8H7F3N2/c1-32(30,31)17-5-6-18(13-3-2-4-16(23)7-13)19(9-17)21(29)28-11-14-8-20(22(24,25)26)27-10-15(14)12-28;9-8(10,11)7-1-5-2-12-3-6(5)4-13-7/h2-10H,11-12H2,1H3;1,4,12H,2-3H2. The summed E-state index contributed by atoms with van der Waals surface area (Å²) in [7, 11) is -3.64. The Bertz CT molecular complexity index is 1890. The van der Waals surface area contributed by atoms with E-state index in [9.17, 15) is 43.9 Å². The van der Waals surface area contributed by atoms with Crippen molar-refractivity contribution < 1.29 is 43.9 Å². The highest BCUT2D eigenvalue weighted by Crippen LogP contribution is 2.34. The van der Waals surface area contributed by atoms with Crippen LogP contribution < -0.4 is 5.32 Å². The molecule has 236 valence electrons. The van der Waals surface area contributed by atoms with Crippen LogP contribution in [0.5, 0.6) is 0 Å². The first-order valence-electron chi connectivity index (χ1n) is 13.2. The molecule has 2 aromatic carbocycles. The number of nitrogens with one attached hydrogen (secondary N) is 1. The Morgan fingerprint density at radius 2 is 1.40 bits per heavy atom. The Morgan fingerprint density at radius 3 is 2.02 bits per heavy atom. The number of benzene rings is 2. The summed E-state index contributed by atoms with van der Waals surface area (Å²) in [6.07, 6.45) is -5.57. The van der Waals surface area contributed by atoms with Crippen LogP contribution in [-0.4, -0.2) is 35.4 Å². The fourth-order valence-electron chi connectivity index (χ4n) is 4.93. The number of alkyl halides is 6. The van der Waals surface area contributed by atoms with Gasteiger partial charge in [0.25, 0.3) is 5.91 Å². The molecule has 0 saturated carbocycles. The molecule has 0 unspecified atom stereocenters. The molecule has 1 N–H and O–H groups in total. The first-order chi connectivity index (χ1) is 21.0. The van der Waals surface area contributed by atoms with E-state index in [1.807, 2.05) is 0 Å². The number of rotatable bonds is 3. The normalized spacial score (nSPS) is 14.4. The first kappa shape index (κ1) is 32.0. The molecule has 1 amide bonds. The fourth-order valence-corrected chi connectivity index (χ4v) is 5.57. The van der Waals surface area contributed by atoms with Crippen LogP contribution in [0.1, 0.15) is 44.0 Å². The SMILES string of the molecule is CS(=O)(=O)c1ccc(-c2cccc(F)c2)c(C(=O)N2Cc3cnc(C(F)(F)F)cc3C2)c1.FC(F)(F)c1cc2c(cn1)CNC2. The lowest BCUT2D eigenvalue weighted by molar-refractivity contribution is -0.142. The van der Waals surface area contributed by atoms with Crippen molar-refractivity contribution in [2.75, 3.05) is 6.26 Å². The molecule has 2 aliphatic rings. The van der Waals surface area contributed by atoms with Crippen molar-refractivity contribution in [3.63, 3.8) is 0 Å². The quantitative estimate of drug-likeness (QED) is 0.266. The molecule has 45 heavy (non-hydrogen) atoms. The second kappa shape index (κ2) is 11.9. The number of fused-ring (bicyclic) bond motifs is 2. The topological polar surface area (TPSA) is 92.3 Å². The molecule has 0 aliphatic carbocycles. The largest absolute Gasteiger partial charge is 0.433 e. The zero-order valence-electron chi connectivity index (χ0n) is 23.3. The number of hydrogen-bond acceptors (Lipinski definition) is 6. The summed E-state index contributed by atoms with van der Waals surface area (Å²) in [5.74, 6) is -1.12. The summed E-state index contributed by atoms with van der Waals surface area (Å²) in [5, 5.41) is 2.96. The number of aromatic nitrogens is 2. The van der Waals surface area contributed by atoms with Gasteiger partial charge in [0.1, 0.15) is 17.2 Å². The van der Waals surface area contributed by atoms with Crippen LogP contribution >= 0.6 is 0 Å². The number of carbonyl (C=O) groups excluding carboxylic acids is 1. The van der Waals surface area contributed by atoms with Crippen LogP contribution in [0.15, 0.2) is 71.9 Å². The average Bonchev–Trinajstić information content (AvgIpc) is 3.62. The lowest BCUT2D eigenvalue weighted by Crippen LogP contribution is -2.26. The van der Waals surface area contributed by atoms with Gasteiger partial charge in [-0.25, -0.2) is 12.8 Å². The van der Waals surface area contributed by atoms with E-state index in [1.54, 1.807) is 6.07 Å². The third-order valence-corrected chi connectivity index (χ3v) is 8.28. The van der Waals surface area contributed by atoms with Crippen LogP contribution in [0.3, 0.4) is 0 Å². The number of pyridine rings is 2. The van der Waals surface area contributed by atoms with E-state index in [2.05, 4.69) is 15.3 Å². The van der Waals surface area contributed by atoms with Gasteiger partial charge >= 0.3 is 12.4 Å². The predicted molar refractivity (Wildman–Crippen MR) is 148 cm³/mol. The Balaban J connectivity index is 0.000000256. The van der Waals surface area contributed by atoms with Crippen LogP contribution in [-0.2, 0) is 48.4 Å². The van der Waals surface area contributed by atoms with Crippen LogP contribution in [0.4, 0.5) is 30.7 Å². The molecule has 4 aromatic rings. The second-order valence-corrected chi connectivity index (χ2v) is 12.4. The maximum atomic E-state index is 13.8. The van der Waals surface area contributed by atoms with Gasteiger partial charge in [-0.05, 0) is 69.8 Å². The van der Waals surface area contributed by atoms with Crippen molar-refractivity contribution in [2.45, 2.75) is 43.4 Å². The third-order valence-electron chi connectivity index (χ3n) is 7.17. The van der Waals surface area contributed by atoms with Gasteiger partial charge in [-0.3, -0.25) is 14.8 Å². The van der Waals surface area contributed by atoms with E-state index in [0.717, 1.165) is 30.1 Å². The molecule has 0 bridgehead atoms. The minimum Gasteiger partial charge on any atom is -0.330 e. The molecule has 2 aliphatic heterocycles. The minimum atomic E-state index is -4.61. The molecule has 6 rings (SSSR count). The maximum absolute atomic E-state index is 13.8. The minimum absolute atomic E-state index is 0.00957.